The van der Waals surface area contributed by atoms with Crippen molar-refractivity contribution in [1.82, 2.24) is 0 Å². The second kappa shape index (κ2) is 5.83. The minimum absolute atomic E-state index is 0. The Kier molecular flexibility index (Phi) is 7.31. The summed E-state index contributed by atoms with van der Waals surface area (Å²) in [7, 11) is 6.42. The summed E-state index contributed by atoms with van der Waals surface area (Å²) in [6.07, 6.45) is 0. The van der Waals surface area contributed by atoms with Gasteiger partial charge in [0.2, 0.25) is 0 Å². The molecule has 0 unspecified atom stereocenters. The van der Waals surface area contributed by atoms with Crippen molar-refractivity contribution in [3.8, 4) is 0 Å². The normalized spacial score (nSPS) is 10.2. The molecule has 0 N–H and O–H groups in total. The molecule has 3 heteroatoms. The smallest absolute Gasteiger partial charge is 0.137 e. The molecule has 0 amide bonds. The lowest BCUT2D eigenvalue weighted by Gasteiger charge is -2.23. The standard InChI is InChI=1S/C8H18NO.HI/c1-8(2)10-7-6-9(3,4)5;/h1,6-7H2,2-5H3;1H/q+1;/p-1. The molecular formula is C8H18INO. The molecule has 0 atom stereocenters. The van der Waals surface area contributed by atoms with Crippen molar-refractivity contribution in [2.24, 2.45) is 0 Å². The van der Waals surface area contributed by atoms with Gasteiger partial charge in [0.25, 0.3) is 0 Å². The van der Waals surface area contributed by atoms with Crippen LogP contribution in [0.1, 0.15) is 6.92 Å². The molecule has 0 spiro atoms. The van der Waals surface area contributed by atoms with E-state index in [1.807, 2.05) is 6.92 Å². The summed E-state index contributed by atoms with van der Waals surface area (Å²) >= 11 is 0. The van der Waals surface area contributed by atoms with Crippen LogP contribution in [-0.4, -0.2) is 38.8 Å². The summed E-state index contributed by atoms with van der Waals surface area (Å²) in [4.78, 5) is 0. The van der Waals surface area contributed by atoms with Crippen molar-refractivity contribution in [3.05, 3.63) is 12.3 Å². The Morgan fingerprint density at radius 3 is 2.09 bits per heavy atom. The molecule has 0 aromatic carbocycles. The molecule has 0 aliphatic heterocycles. The highest BCUT2D eigenvalue weighted by Gasteiger charge is 2.05. The van der Waals surface area contributed by atoms with Gasteiger partial charge in [-0.1, -0.05) is 6.58 Å². The van der Waals surface area contributed by atoms with Crippen molar-refractivity contribution >= 4 is 0 Å². The van der Waals surface area contributed by atoms with Crippen LogP contribution in [0.5, 0.6) is 0 Å². The summed E-state index contributed by atoms with van der Waals surface area (Å²) in [5.41, 5.74) is 0. The SMILES string of the molecule is C=C(C)OCC[N+](C)(C)C.[I-]. The maximum atomic E-state index is 5.21. The highest BCUT2D eigenvalue weighted by Crippen LogP contribution is 1.93. The lowest BCUT2D eigenvalue weighted by Crippen LogP contribution is -3.00. The molecule has 2 nitrogen and oxygen atoms in total. The zero-order chi connectivity index (χ0) is 8.20. The Hall–Kier alpha value is 0.230. The number of allylic oxidation sites excluding steroid dienone is 1. The number of nitrogens with zero attached hydrogens (tertiary/aromatic N) is 1. The monoisotopic (exact) mass is 271 g/mol. The molecule has 0 aromatic rings. The van der Waals surface area contributed by atoms with E-state index in [-0.39, 0.29) is 24.0 Å². The van der Waals surface area contributed by atoms with Crippen LogP contribution in [0.2, 0.25) is 0 Å². The van der Waals surface area contributed by atoms with Gasteiger partial charge in [-0.15, -0.1) is 0 Å². The minimum atomic E-state index is 0. The first-order valence-electron chi connectivity index (χ1n) is 3.50. The molecule has 0 aliphatic carbocycles. The third-order valence-electron chi connectivity index (χ3n) is 1.11. The molecule has 0 heterocycles. The van der Waals surface area contributed by atoms with Crippen LogP contribution in [0, 0.1) is 0 Å². The molecule has 0 fully saturated rings. The van der Waals surface area contributed by atoms with E-state index in [4.69, 9.17) is 4.74 Å². The fourth-order valence-electron chi connectivity index (χ4n) is 0.494. The zero-order valence-electron chi connectivity index (χ0n) is 7.85. The Balaban J connectivity index is 0. The van der Waals surface area contributed by atoms with Gasteiger partial charge in [-0.2, -0.15) is 0 Å². The minimum Gasteiger partial charge on any atom is -1.00 e. The zero-order valence-corrected chi connectivity index (χ0v) is 10.0. The second-order valence-corrected chi connectivity index (χ2v) is 3.56. The van der Waals surface area contributed by atoms with Gasteiger partial charge >= 0.3 is 0 Å². The van der Waals surface area contributed by atoms with Gasteiger partial charge in [0, 0.05) is 0 Å². The first-order valence-corrected chi connectivity index (χ1v) is 3.50. The number of hydrogen-bond donors (Lipinski definition) is 0. The summed E-state index contributed by atoms with van der Waals surface area (Å²) in [5.74, 6) is 0.799. The lowest BCUT2D eigenvalue weighted by molar-refractivity contribution is -0.870. The van der Waals surface area contributed by atoms with Crippen molar-refractivity contribution < 1.29 is 33.2 Å². The topological polar surface area (TPSA) is 9.23 Å². The number of halogens is 1. The molecule has 0 rings (SSSR count). The Bertz CT molecular complexity index is 118. The van der Waals surface area contributed by atoms with Gasteiger partial charge < -0.3 is 33.2 Å². The van der Waals surface area contributed by atoms with Crippen LogP contribution in [0.3, 0.4) is 0 Å². The first-order chi connectivity index (χ1) is 4.42. The molecule has 0 aliphatic rings. The Morgan fingerprint density at radius 2 is 1.82 bits per heavy atom. The molecule has 0 radical (unpaired) electrons. The highest BCUT2D eigenvalue weighted by atomic mass is 127. The Labute approximate surface area is 86.8 Å². The van der Waals surface area contributed by atoms with Gasteiger partial charge in [-0.05, 0) is 6.92 Å². The van der Waals surface area contributed by atoms with Gasteiger partial charge in [-0.3, -0.25) is 0 Å². The van der Waals surface area contributed by atoms with E-state index >= 15 is 0 Å². The van der Waals surface area contributed by atoms with Crippen LogP contribution in [0.25, 0.3) is 0 Å². The third kappa shape index (κ3) is 13.3. The Morgan fingerprint density at radius 1 is 1.36 bits per heavy atom. The van der Waals surface area contributed by atoms with Crippen molar-refractivity contribution in [1.29, 1.82) is 0 Å². The van der Waals surface area contributed by atoms with E-state index in [1.54, 1.807) is 0 Å². The molecule has 68 valence electrons. The number of ether oxygens (including phenoxy) is 1. The van der Waals surface area contributed by atoms with E-state index in [9.17, 15) is 0 Å². The van der Waals surface area contributed by atoms with E-state index in [2.05, 4.69) is 27.7 Å². The van der Waals surface area contributed by atoms with E-state index in [1.165, 1.54) is 0 Å². The van der Waals surface area contributed by atoms with Crippen LogP contribution in [0.4, 0.5) is 0 Å². The van der Waals surface area contributed by atoms with Crippen LogP contribution < -0.4 is 24.0 Å². The lowest BCUT2D eigenvalue weighted by atomic mass is 10.5. The van der Waals surface area contributed by atoms with Crippen molar-refractivity contribution in [2.45, 2.75) is 6.92 Å². The predicted molar refractivity (Wildman–Crippen MR) is 43.7 cm³/mol. The fourth-order valence-corrected chi connectivity index (χ4v) is 0.494. The van der Waals surface area contributed by atoms with Crippen molar-refractivity contribution in [3.63, 3.8) is 0 Å². The summed E-state index contributed by atoms with van der Waals surface area (Å²) < 4.78 is 6.15. The fraction of sp³-hybridized carbons (Fsp3) is 0.750. The first kappa shape index (κ1) is 13.8. The van der Waals surface area contributed by atoms with E-state index < -0.39 is 0 Å². The van der Waals surface area contributed by atoms with E-state index in [0.29, 0.717) is 0 Å². The van der Waals surface area contributed by atoms with Gasteiger partial charge in [0.05, 0.1) is 26.9 Å². The summed E-state index contributed by atoms with van der Waals surface area (Å²) in [5, 5.41) is 0. The molecule has 0 saturated carbocycles. The predicted octanol–water partition coefficient (Wildman–Crippen LogP) is -1.75. The number of rotatable bonds is 4. The molecular weight excluding hydrogens is 253 g/mol. The third-order valence-corrected chi connectivity index (χ3v) is 1.11. The average molecular weight is 271 g/mol. The average Bonchev–Trinajstić information content (AvgIpc) is 1.59. The number of hydrogen-bond acceptors (Lipinski definition) is 1. The highest BCUT2D eigenvalue weighted by molar-refractivity contribution is 4.72. The van der Waals surface area contributed by atoms with Crippen molar-refractivity contribution in [2.75, 3.05) is 34.3 Å². The molecule has 0 bridgehead atoms. The van der Waals surface area contributed by atoms with Crippen LogP contribution in [0.15, 0.2) is 12.3 Å². The maximum absolute atomic E-state index is 5.21. The quantitative estimate of drug-likeness (QED) is 0.335. The second-order valence-electron chi connectivity index (χ2n) is 3.56. The largest absolute Gasteiger partial charge is 1.00 e. The van der Waals surface area contributed by atoms with Gasteiger partial charge in [0.1, 0.15) is 13.2 Å². The van der Waals surface area contributed by atoms with Gasteiger partial charge in [-0.25, -0.2) is 0 Å². The number of likely N-dealkylation sites (N-methyl/N-ethyl adjacent to an activating group) is 1. The summed E-state index contributed by atoms with van der Waals surface area (Å²) in [6.45, 7) is 7.30. The van der Waals surface area contributed by atoms with E-state index in [0.717, 1.165) is 23.4 Å². The summed E-state index contributed by atoms with van der Waals surface area (Å²) in [6, 6.07) is 0. The van der Waals surface area contributed by atoms with Crippen LogP contribution >= 0.6 is 0 Å². The maximum Gasteiger partial charge on any atom is 0.137 e. The van der Waals surface area contributed by atoms with Gasteiger partial charge in [0.15, 0.2) is 0 Å². The van der Waals surface area contributed by atoms with Crippen LogP contribution in [-0.2, 0) is 4.74 Å². The molecule has 0 aromatic heterocycles. The number of quaternary nitrogens is 1. The molecule has 11 heavy (non-hydrogen) atoms. The molecule has 0 saturated heterocycles.